The lowest BCUT2D eigenvalue weighted by Gasteiger charge is -2.38. The maximum absolute atomic E-state index is 15.0. The molecule has 2 fully saturated rings. The van der Waals surface area contributed by atoms with Gasteiger partial charge < -0.3 is 14.5 Å². The summed E-state index contributed by atoms with van der Waals surface area (Å²) in [7, 11) is -3.82. The number of rotatable bonds is 3. The number of carbonyl (C=O) groups excluding carboxylic acids is 2. The van der Waals surface area contributed by atoms with Gasteiger partial charge in [-0.2, -0.15) is 0 Å². The van der Waals surface area contributed by atoms with E-state index in [-0.39, 0.29) is 45.4 Å². The van der Waals surface area contributed by atoms with Crippen molar-refractivity contribution in [3.05, 3.63) is 0 Å². The molecule has 0 aromatic heterocycles. The Bertz CT molecular complexity index is 638. The molecule has 2 N–H and O–H groups in total. The van der Waals surface area contributed by atoms with E-state index in [2.05, 4.69) is 0 Å². The van der Waals surface area contributed by atoms with Crippen LogP contribution in [0.1, 0.15) is 40.0 Å². The molecule has 10 heteroatoms. The predicted molar refractivity (Wildman–Crippen MR) is 89.0 cm³/mol. The molecule has 0 radical (unpaired) electrons. The second kappa shape index (κ2) is 6.71. The van der Waals surface area contributed by atoms with E-state index in [9.17, 15) is 18.0 Å². The average Bonchev–Trinajstić information content (AvgIpc) is 2.78. The topological polar surface area (TPSA) is 110 Å². The summed E-state index contributed by atoms with van der Waals surface area (Å²) < 4.78 is 43.1. The quantitative estimate of drug-likeness (QED) is 0.773. The first-order valence-electron chi connectivity index (χ1n) is 8.25. The predicted octanol–water partition coefficient (Wildman–Crippen LogP) is 0.615. The number of nitrogens with two attached hydrogens (primary N) is 1. The number of piperidine rings is 1. The summed E-state index contributed by atoms with van der Waals surface area (Å²) in [6, 6.07) is 0. The van der Waals surface area contributed by atoms with Gasteiger partial charge in [0.25, 0.3) is 0 Å². The van der Waals surface area contributed by atoms with Crippen molar-refractivity contribution in [2.75, 3.05) is 26.2 Å². The van der Waals surface area contributed by atoms with Crippen molar-refractivity contribution in [1.82, 2.24) is 9.80 Å². The molecule has 25 heavy (non-hydrogen) atoms. The summed E-state index contributed by atoms with van der Waals surface area (Å²) in [6.07, 6.45) is -0.563. The number of hydrogen-bond acceptors (Lipinski definition) is 5. The molecule has 2 heterocycles. The zero-order valence-electron chi connectivity index (χ0n) is 14.8. The molecule has 8 nitrogen and oxygen atoms in total. The lowest BCUT2D eigenvalue weighted by atomic mass is 9.93. The molecule has 0 saturated carbocycles. The summed E-state index contributed by atoms with van der Waals surface area (Å²) in [4.78, 5) is 26.6. The largest absolute Gasteiger partial charge is 0.444 e. The lowest BCUT2D eigenvalue weighted by molar-refractivity contribution is -0.130. The maximum atomic E-state index is 15.0. The number of amides is 2. The van der Waals surface area contributed by atoms with E-state index >= 15 is 4.39 Å². The molecular formula is C15H26FN3O5S. The monoisotopic (exact) mass is 379 g/mol. The van der Waals surface area contributed by atoms with Crippen LogP contribution in [0.4, 0.5) is 9.18 Å². The standard InChI is InChI=1S/C15H26FN3O5S/c1-14(2,3)24-13(21)18-6-4-15(16,5-7-18)10-19-9-11(8-12(19)20)25(17,22)23/h11H,4-10H2,1-3H3,(H2,17,22,23). The Morgan fingerprint density at radius 3 is 2.36 bits per heavy atom. The molecule has 0 aliphatic carbocycles. The summed E-state index contributed by atoms with van der Waals surface area (Å²) in [5.74, 6) is -0.411. The highest BCUT2D eigenvalue weighted by Gasteiger charge is 2.43. The van der Waals surface area contributed by atoms with E-state index in [0.29, 0.717) is 0 Å². The van der Waals surface area contributed by atoms with Crippen LogP contribution in [0.5, 0.6) is 0 Å². The average molecular weight is 379 g/mol. The summed E-state index contributed by atoms with van der Waals surface area (Å²) in [5.41, 5.74) is -2.27. The lowest BCUT2D eigenvalue weighted by Crippen LogP contribution is -2.51. The minimum atomic E-state index is -3.82. The van der Waals surface area contributed by atoms with Crippen molar-refractivity contribution in [1.29, 1.82) is 0 Å². The van der Waals surface area contributed by atoms with Crippen molar-refractivity contribution >= 4 is 22.0 Å². The minimum Gasteiger partial charge on any atom is -0.444 e. The van der Waals surface area contributed by atoms with E-state index < -0.39 is 38.5 Å². The molecule has 2 saturated heterocycles. The van der Waals surface area contributed by atoms with Crippen molar-refractivity contribution < 1.29 is 27.1 Å². The van der Waals surface area contributed by atoms with Gasteiger partial charge in [-0.1, -0.05) is 0 Å². The molecule has 1 atom stereocenters. The molecule has 0 aromatic rings. The van der Waals surface area contributed by atoms with Crippen molar-refractivity contribution in [2.45, 2.75) is 56.6 Å². The third kappa shape index (κ3) is 5.27. The Morgan fingerprint density at radius 1 is 1.36 bits per heavy atom. The Labute approximate surface area is 147 Å². The smallest absolute Gasteiger partial charge is 0.410 e. The Kier molecular flexibility index (Phi) is 5.34. The van der Waals surface area contributed by atoms with Crippen LogP contribution in [-0.4, -0.2) is 72.9 Å². The van der Waals surface area contributed by atoms with Crippen LogP contribution in [0.15, 0.2) is 0 Å². The second-order valence-corrected chi connectivity index (χ2v) is 9.65. The molecule has 2 aliphatic rings. The zero-order valence-corrected chi connectivity index (χ0v) is 15.6. The second-order valence-electron chi connectivity index (χ2n) is 7.81. The number of primary sulfonamides is 1. The Hall–Kier alpha value is -1.42. The van der Waals surface area contributed by atoms with E-state index in [4.69, 9.17) is 9.88 Å². The Morgan fingerprint density at radius 2 is 1.92 bits per heavy atom. The van der Waals surface area contributed by atoms with Gasteiger partial charge in [-0.15, -0.1) is 0 Å². The molecule has 144 valence electrons. The summed E-state index contributed by atoms with van der Waals surface area (Å²) in [6.45, 7) is 5.39. The number of ether oxygens (including phenoxy) is 1. The first-order chi connectivity index (χ1) is 11.3. The van der Waals surface area contributed by atoms with Crippen molar-refractivity contribution in [3.63, 3.8) is 0 Å². The van der Waals surface area contributed by atoms with Crippen LogP contribution in [0, 0.1) is 0 Å². The fourth-order valence-electron chi connectivity index (χ4n) is 3.03. The van der Waals surface area contributed by atoms with Gasteiger partial charge in [0.05, 0.1) is 6.54 Å². The van der Waals surface area contributed by atoms with Crippen molar-refractivity contribution in [3.8, 4) is 0 Å². The van der Waals surface area contributed by atoms with Crippen LogP contribution in [0.25, 0.3) is 0 Å². The molecular weight excluding hydrogens is 353 g/mol. The van der Waals surface area contributed by atoms with Gasteiger partial charge in [0.15, 0.2) is 0 Å². The number of likely N-dealkylation sites (tertiary alicyclic amines) is 2. The molecule has 0 bridgehead atoms. The normalized spacial score (nSPS) is 24.5. The third-order valence-corrected chi connectivity index (χ3v) is 5.67. The van der Waals surface area contributed by atoms with E-state index in [1.807, 2.05) is 0 Å². The third-order valence-electron chi connectivity index (χ3n) is 4.43. The maximum Gasteiger partial charge on any atom is 0.410 e. The van der Waals surface area contributed by atoms with Gasteiger partial charge in [-0.05, 0) is 20.8 Å². The molecule has 2 amide bonds. The SMILES string of the molecule is CC(C)(C)OC(=O)N1CCC(F)(CN2CC(S(N)(=O)=O)CC2=O)CC1. The summed E-state index contributed by atoms with van der Waals surface area (Å²) >= 11 is 0. The first-order valence-corrected chi connectivity index (χ1v) is 9.86. The zero-order chi connectivity index (χ0) is 19.0. The number of halogens is 1. The minimum absolute atomic E-state index is 0.0655. The van der Waals surface area contributed by atoms with Gasteiger partial charge in [0.1, 0.15) is 16.5 Å². The molecule has 2 rings (SSSR count). The van der Waals surface area contributed by atoms with Crippen LogP contribution in [0.2, 0.25) is 0 Å². The van der Waals surface area contributed by atoms with Crippen molar-refractivity contribution in [2.24, 2.45) is 5.14 Å². The fourth-order valence-corrected chi connectivity index (χ4v) is 3.79. The molecule has 1 unspecified atom stereocenters. The van der Waals surface area contributed by atoms with E-state index in [0.717, 1.165) is 0 Å². The van der Waals surface area contributed by atoms with E-state index in [1.54, 1.807) is 20.8 Å². The van der Waals surface area contributed by atoms with Gasteiger partial charge in [0, 0.05) is 38.9 Å². The van der Waals surface area contributed by atoms with Crippen LogP contribution in [-0.2, 0) is 19.6 Å². The number of alkyl halides is 1. The highest BCUT2D eigenvalue weighted by atomic mass is 32.2. The number of carbonyl (C=O) groups is 2. The van der Waals surface area contributed by atoms with Crippen LogP contribution < -0.4 is 5.14 Å². The molecule has 0 aromatic carbocycles. The van der Waals surface area contributed by atoms with Gasteiger partial charge in [-0.3, -0.25) is 4.79 Å². The highest BCUT2D eigenvalue weighted by molar-refractivity contribution is 7.89. The van der Waals surface area contributed by atoms with Gasteiger partial charge >= 0.3 is 6.09 Å². The highest BCUT2D eigenvalue weighted by Crippen LogP contribution is 2.30. The first kappa shape index (κ1) is 19.9. The van der Waals surface area contributed by atoms with Gasteiger partial charge in [0.2, 0.25) is 15.9 Å². The van der Waals surface area contributed by atoms with Gasteiger partial charge in [-0.25, -0.2) is 22.7 Å². The van der Waals surface area contributed by atoms with Crippen LogP contribution >= 0.6 is 0 Å². The summed E-state index contributed by atoms with van der Waals surface area (Å²) in [5, 5.41) is 4.09. The van der Waals surface area contributed by atoms with Crippen LogP contribution in [0.3, 0.4) is 0 Å². The number of nitrogens with zero attached hydrogens (tertiary/aromatic N) is 2. The van der Waals surface area contributed by atoms with E-state index in [1.165, 1.54) is 9.80 Å². The molecule has 2 aliphatic heterocycles. The number of sulfonamides is 1. The molecule has 0 spiro atoms. The fraction of sp³-hybridized carbons (Fsp3) is 0.867. The Balaban J connectivity index is 1.91. The number of hydrogen-bond donors (Lipinski definition) is 1.